The lowest BCUT2D eigenvalue weighted by Crippen LogP contribution is -2.11. The van der Waals surface area contributed by atoms with E-state index in [-0.39, 0.29) is 0 Å². The molecule has 0 unspecified atom stereocenters. The molecule has 1 aliphatic heterocycles. The first-order valence-corrected chi connectivity index (χ1v) is 5.95. The predicted octanol–water partition coefficient (Wildman–Crippen LogP) is 2.00. The van der Waals surface area contributed by atoms with Gasteiger partial charge in [0.15, 0.2) is 0 Å². The van der Waals surface area contributed by atoms with Crippen LogP contribution < -0.4 is 0 Å². The molecule has 0 radical (unpaired) electrons. The third-order valence-electron chi connectivity index (χ3n) is 3.30. The van der Waals surface area contributed by atoms with Gasteiger partial charge in [-0.05, 0) is 26.1 Å². The first-order chi connectivity index (χ1) is 8.69. The van der Waals surface area contributed by atoms with Gasteiger partial charge in [-0.3, -0.25) is 4.90 Å². The van der Waals surface area contributed by atoms with E-state index in [1.54, 1.807) is 4.68 Å². The van der Waals surface area contributed by atoms with Crippen molar-refractivity contribution in [1.29, 1.82) is 5.26 Å². The highest BCUT2D eigenvalue weighted by Crippen LogP contribution is 2.26. The van der Waals surface area contributed by atoms with E-state index in [1.807, 2.05) is 38.2 Å². The summed E-state index contributed by atoms with van der Waals surface area (Å²) in [7, 11) is 2.04. The molecule has 2 heterocycles. The molecule has 0 bridgehead atoms. The van der Waals surface area contributed by atoms with Gasteiger partial charge in [0.25, 0.3) is 0 Å². The molecule has 2 aromatic rings. The van der Waals surface area contributed by atoms with Crippen LogP contribution in [0.3, 0.4) is 0 Å². The van der Waals surface area contributed by atoms with Crippen molar-refractivity contribution in [3.8, 4) is 11.8 Å². The zero-order chi connectivity index (χ0) is 12.7. The highest BCUT2D eigenvalue weighted by Gasteiger charge is 2.25. The Morgan fingerprint density at radius 1 is 1.22 bits per heavy atom. The molecular weight excluding hydrogens is 224 g/mol. The maximum Gasteiger partial charge on any atom is 0.149 e. The molecule has 0 saturated heterocycles. The second-order valence-electron chi connectivity index (χ2n) is 4.81. The number of rotatable bonds is 1. The Hall–Kier alpha value is -2.12. The van der Waals surface area contributed by atoms with E-state index in [9.17, 15) is 5.26 Å². The largest absolute Gasteiger partial charge is 0.296 e. The van der Waals surface area contributed by atoms with E-state index in [2.05, 4.69) is 16.1 Å². The van der Waals surface area contributed by atoms with E-state index >= 15 is 0 Å². The highest BCUT2D eigenvalue weighted by molar-refractivity contribution is 5.45. The number of nitriles is 1. The monoisotopic (exact) mass is 238 g/mol. The fourth-order valence-electron chi connectivity index (χ4n) is 2.36. The molecule has 0 fully saturated rings. The van der Waals surface area contributed by atoms with Crippen molar-refractivity contribution in [2.45, 2.75) is 20.0 Å². The van der Waals surface area contributed by atoms with Gasteiger partial charge >= 0.3 is 0 Å². The fraction of sp³-hybridized carbons (Fsp3) is 0.286. The van der Waals surface area contributed by atoms with Crippen molar-refractivity contribution < 1.29 is 0 Å². The number of aromatic nitrogens is 2. The van der Waals surface area contributed by atoms with Crippen LogP contribution in [0.5, 0.6) is 0 Å². The van der Waals surface area contributed by atoms with Crippen molar-refractivity contribution in [3.63, 3.8) is 0 Å². The van der Waals surface area contributed by atoms with Gasteiger partial charge in [-0.25, -0.2) is 4.68 Å². The average molecular weight is 238 g/mol. The van der Waals surface area contributed by atoms with Crippen molar-refractivity contribution in [2.24, 2.45) is 0 Å². The van der Waals surface area contributed by atoms with Gasteiger partial charge < -0.3 is 0 Å². The maximum atomic E-state index is 9.34. The molecule has 90 valence electrons. The smallest absolute Gasteiger partial charge is 0.149 e. The lowest BCUT2D eigenvalue weighted by molar-refractivity contribution is 0.347. The summed E-state index contributed by atoms with van der Waals surface area (Å²) in [5.74, 6) is 0. The normalized spacial score (nSPS) is 14.5. The maximum absolute atomic E-state index is 9.34. The summed E-state index contributed by atoms with van der Waals surface area (Å²) in [6.07, 6.45) is 0. The van der Waals surface area contributed by atoms with E-state index < -0.39 is 0 Å². The second-order valence-corrected chi connectivity index (χ2v) is 4.81. The quantitative estimate of drug-likeness (QED) is 0.763. The molecule has 1 aromatic heterocycles. The molecule has 0 aliphatic carbocycles. The Kier molecular flexibility index (Phi) is 2.42. The lowest BCUT2D eigenvalue weighted by atomic mass is 10.2. The summed E-state index contributed by atoms with van der Waals surface area (Å²) in [5.41, 5.74) is 4.92. The molecule has 4 heteroatoms. The van der Waals surface area contributed by atoms with Crippen LogP contribution in [-0.2, 0) is 13.1 Å². The Labute approximate surface area is 106 Å². The number of nitrogens with zero attached hydrogens (tertiary/aromatic N) is 4. The average Bonchev–Trinajstić information content (AvgIpc) is 2.85. The van der Waals surface area contributed by atoms with Crippen LogP contribution in [0, 0.1) is 18.3 Å². The van der Waals surface area contributed by atoms with E-state index in [1.165, 1.54) is 5.56 Å². The van der Waals surface area contributed by atoms with E-state index in [0.29, 0.717) is 5.69 Å². The molecular formula is C14H14N4. The van der Waals surface area contributed by atoms with Crippen LogP contribution in [0.4, 0.5) is 0 Å². The molecule has 0 spiro atoms. The van der Waals surface area contributed by atoms with Gasteiger partial charge in [-0.2, -0.15) is 10.4 Å². The molecule has 4 nitrogen and oxygen atoms in total. The SMILES string of the molecule is Cc1ccc(-n2nc3c(c2C#N)CN(C)C3)cc1. The van der Waals surface area contributed by atoms with Crippen LogP contribution in [-0.4, -0.2) is 21.7 Å². The molecule has 1 aromatic carbocycles. The van der Waals surface area contributed by atoms with Crippen molar-refractivity contribution in [2.75, 3.05) is 7.05 Å². The van der Waals surface area contributed by atoms with Gasteiger partial charge in [0.05, 0.1) is 11.4 Å². The number of fused-ring (bicyclic) bond motifs is 1. The highest BCUT2D eigenvalue weighted by atomic mass is 15.3. The topological polar surface area (TPSA) is 44.9 Å². The summed E-state index contributed by atoms with van der Waals surface area (Å²) >= 11 is 0. The molecule has 0 saturated carbocycles. The standard InChI is InChI=1S/C14H14N4/c1-10-3-5-11(6-4-10)18-14(7-15)12-8-17(2)9-13(12)16-18/h3-6H,8-9H2,1-2H3. The summed E-state index contributed by atoms with van der Waals surface area (Å²) in [5, 5.41) is 13.9. The minimum Gasteiger partial charge on any atom is -0.296 e. The van der Waals surface area contributed by atoms with Gasteiger partial charge in [0.2, 0.25) is 0 Å². The fourth-order valence-corrected chi connectivity index (χ4v) is 2.36. The molecule has 0 atom stereocenters. The zero-order valence-electron chi connectivity index (χ0n) is 10.5. The van der Waals surface area contributed by atoms with Crippen molar-refractivity contribution >= 4 is 0 Å². The van der Waals surface area contributed by atoms with Crippen LogP contribution in [0.1, 0.15) is 22.5 Å². The lowest BCUT2D eigenvalue weighted by Gasteiger charge is -2.08. The van der Waals surface area contributed by atoms with E-state index in [4.69, 9.17) is 0 Å². The summed E-state index contributed by atoms with van der Waals surface area (Å²) < 4.78 is 1.76. The first kappa shape index (κ1) is 11.0. The molecule has 18 heavy (non-hydrogen) atoms. The van der Waals surface area contributed by atoms with Gasteiger partial charge in [0.1, 0.15) is 11.8 Å². The van der Waals surface area contributed by atoms with Gasteiger partial charge in [0, 0.05) is 18.7 Å². The zero-order valence-corrected chi connectivity index (χ0v) is 10.5. The molecule has 1 aliphatic rings. The van der Waals surface area contributed by atoms with Gasteiger partial charge in [-0.15, -0.1) is 0 Å². The van der Waals surface area contributed by atoms with Crippen molar-refractivity contribution in [3.05, 3.63) is 46.8 Å². The number of hydrogen-bond acceptors (Lipinski definition) is 3. The minimum absolute atomic E-state index is 0.665. The second kappa shape index (κ2) is 3.97. The molecule has 0 N–H and O–H groups in total. The molecule has 3 rings (SSSR count). The third kappa shape index (κ3) is 1.60. The number of aryl methyl sites for hydroxylation is 1. The Balaban J connectivity index is 2.12. The molecule has 0 amide bonds. The summed E-state index contributed by atoms with van der Waals surface area (Å²) in [6.45, 7) is 3.68. The first-order valence-electron chi connectivity index (χ1n) is 5.95. The minimum atomic E-state index is 0.665. The van der Waals surface area contributed by atoms with Crippen LogP contribution >= 0.6 is 0 Å². The predicted molar refractivity (Wildman–Crippen MR) is 68.2 cm³/mol. The Morgan fingerprint density at radius 3 is 2.61 bits per heavy atom. The Bertz CT molecular complexity index is 631. The van der Waals surface area contributed by atoms with Crippen LogP contribution in [0.2, 0.25) is 0 Å². The number of benzene rings is 1. The Morgan fingerprint density at radius 2 is 1.94 bits per heavy atom. The van der Waals surface area contributed by atoms with Crippen LogP contribution in [0.25, 0.3) is 5.69 Å². The third-order valence-corrected chi connectivity index (χ3v) is 3.30. The number of hydrogen-bond donors (Lipinski definition) is 0. The van der Waals surface area contributed by atoms with Crippen LogP contribution in [0.15, 0.2) is 24.3 Å². The van der Waals surface area contributed by atoms with Gasteiger partial charge in [-0.1, -0.05) is 17.7 Å². The van der Waals surface area contributed by atoms with Crippen molar-refractivity contribution in [1.82, 2.24) is 14.7 Å². The summed E-state index contributed by atoms with van der Waals surface area (Å²) in [6, 6.07) is 10.4. The van der Waals surface area contributed by atoms with E-state index in [0.717, 1.165) is 30.0 Å². The summed E-state index contributed by atoms with van der Waals surface area (Å²) in [4.78, 5) is 2.16.